The third-order valence-electron chi connectivity index (χ3n) is 3.00. The molecule has 0 amide bonds. The monoisotopic (exact) mass is 230 g/mol. The van der Waals surface area contributed by atoms with Crippen LogP contribution in [0.3, 0.4) is 0 Å². The van der Waals surface area contributed by atoms with Crippen molar-refractivity contribution in [2.75, 3.05) is 19.1 Å². The van der Waals surface area contributed by atoms with Crippen LogP contribution in [0, 0.1) is 5.41 Å². The summed E-state index contributed by atoms with van der Waals surface area (Å²) in [7, 11) is 0. The third-order valence-corrected chi connectivity index (χ3v) is 4.30. The molecule has 78 valence electrons. The zero-order chi connectivity index (χ0) is 9.86. The lowest BCUT2D eigenvalue weighted by Crippen LogP contribution is -2.33. The molecule has 0 aliphatic carbocycles. The fourth-order valence-corrected chi connectivity index (χ4v) is 3.02. The van der Waals surface area contributed by atoms with Gasteiger partial charge in [-0.25, -0.2) is 0 Å². The van der Waals surface area contributed by atoms with E-state index < -0.39 is 0 Å². The molecule has 1 aromatic heterocycles. The van der Waals surface area contributed by atoms with E-state index in [0.717, 1.165) is 38.4 Å². The fraction of sp³-hybridized carbons (Fsp3) is 0.636. The van der Waals surface area contributed by atoms with Crippen molar-refractivity contribution < 1.29 is 4.74 Å². The van der Waals surface area contributed by atoms with Crippen LogP contribution in [0.15, 0.2) is 16.8 Å². The Morgan fingerprint density at radius 3 is 2.79 bits per heavy atom. The predicted octanol–water partition coefficient (Wildman–Crippen LogP) is 3.33. The number of halogens is 1. The minimum absolute atomic E-state index is 0.293. The van der Waals surface area contributed by atoms with Crippen LogP contribution >= 0.6 is 22.9 Å². The Labute approximate surface area is 94.0 Å². The van der Waals surface area contributed by atoms with E-state index in [0.29, 0.717) is 5.41 Å². The molecular formula is C11H15ClOS. The second kappa shape index (κ2) is 4.65. The minimum Gasteiger partial charge on any atom is -0.381 e. The van der Waals surface area contributed by atoms with Crippen LogP contribution in [0.5, 0.6) is 0 Å². The highest BCUT2D eigenvalue weighted by molar-refractivity contribution is 7.07. The van der Waals surface area contributed by atoms with Gasteiger partial charge in [0.1, 0.15) is 0 Å². The van der Waals surface area contributed by atoms with Gasteiger partial charge in [-0.3, -0.25) is 0 Å². The lowest BCUT2D eigenvalue weighted by atomic mass is 9.77. The summed E-state index contributed by atoms with van der Waals surface area (Å²) in [5, 5.41) is 4.36. The van der Waals surface area contributed by atoms with E-state index in [1.54, 1.807) is 11.3 Å². The molecule has 0 N–H and O–H groups in total. The van der Waals surface area contributed by atoms with Crippen LogP contribution < -0.4 is 0 Å². The van der Waals surface area contributed by atoms with Gasteiger partial charge in [-0.05, 0) is 47.1 Å². The summed E-state index contributed by atoms with van der Waals surface area (Å²) in [5.74, 6) is 0.756. The smallest absolute Gasteiger partial charge is 0.0471 e. The number of ether oxygens (including phenoxy) is 1. The molecule has 0 unspecified atom stereocenters. The number of alkyl halides is 1. The summed E-state index contributed by atoms with van der Waals surface area (Å²) >= 11 is 7.86. The van der Waals surface area contributed by atoms with Crippen LogP contribution in [0.4, 0.5) is 0 Å². The average Bonchev–Trinajstić information content (AvgIpc) is 2.72. The molecule has 1 nitrogen and oxygen atoms in total. The Hall–Kier alpha value is -0.0500. The standard InChI is InChI=1S/C11H15ClOS/c12-9-11(2-4-13-5-3-11)7-10-1-6-14-8-10/h1,6,8H,2-5,7,9H2. The average molecular weight is 231 g/mol. The largest absolute Gasteiger partial charge is 0.381 e. The molecule has 2 heterocycles. The van der Waals surface area contributed by atoms with Crippen molar-refractivity contribution in [1.82, 2.24) is 0 Å². The van der Waals surface area contributed by atoms with Gasteiger partial charge in [-0.2, -0.15) is 11.3 Å². The lowest BCUT2D eigenvalue weighted by molar-refractivity contribution is 0.0258. The van der Waals surface area contributed by atoms with E-state index in [2.05, 4.69) is 16.8 Å². The van der Waals surface area contributed by atoms with Crippen molar-refractivity contribution in [3.8, 4) is 0 Å². The van der Waals surface area contributed by atoms with Gasteiger partial charge in [0.05, 0.1) is 0 Å². The Balaban J connectivity index is 2.04. The van der Waals surface area contributed by atoms with E-state index >= 15 is 0 Å². The molecule has 0 atom stereocenters. The van der Waals surface area contributed by atoms with Gasteiger partial charge in [0.25, 0.3) is 0 Å². The van der Waals surface area contributed by atoms with Gasteiger partial charge < -0.3 is 4.74 Å². The first-order valence-corrected chi connectivity index (χ1v) is 6.47. The fourth-order valence-electron chi connectivity index (χ4n) is 1.99. The predicted molar refractivity (Wildman–Crippen MR) is 61.2 cm³/mol. The molecule has 1 fully saturated rings. The van der Waals surface area contributed by atoms with Gasteiger partial charge >= 0.3 is 0 Å². The van der Waals surface area contributed by atoms with E-state index in [1.165, 1.54) is 5.56 Å². The second-order valence-corrected chi connectivity index (χ2v) is 5.10. The van der Waals surface area contributed by atoms with E-state index in [1.807, 2.05) is 0 Å². The summed E-state index contributed by atoms with van der Waals surface area (Å²) in [6.07, 6.45) is 3.32. The SMILES string of the molecule is ClCC1(Cc2ccsc2)CCOCC1. The Morgan fingerprint density at radius 1 is 1.43 bits per heavy atom. The Kier molecular flexibility index (Phi) is 3.47. The first-order valence-electron chi connectivity index (χ1n) is 4.99. The van der Waals surface area contributed by atoms with Gasteiger partial charge in [-0.15, -0.1) is 11.6 Å². The highest BCUT2D eigenvalue weighted by Gasteiger charge is 2.31. The molecule has 2 rings (SSSR count). The zero-order valence-electron chi connectivity index (χ0n) is 8.17. The van der Waals surface area contributed by atoms with Crippen LogP contribution in [0.1, 0.15) is 18.4 Å². The second-order valence-electron chi connectivity index (χ2n) is 4.05. The molecule has 3 heteroatoms. The molecule has 0 spiro atoms. The number of thiophene rings is 1. The molecule has 14 heavy (non-hydrogen) atoms. The number of hydrogen-bond acceptors (Lipinski definition) is 2. The first kappa shape index (κ1) is 10.5. The summed E-state index contributed by atoms with van der Waals surface area (Å²) in [5.41, 5.74) is 1.72. The maximum absolute atomic E-state index is 6.10. The van der Waals surface area contributed by atoms with E-state index in [4.69, 9.17) is 16.3 Å². The summed E-state index contributed by atoms with van der Waals surface area (Å²) in [6.45, 7) is 1.74. The maximum atomic E-state index is 6.10. The van der Waals surface area contributed by atoms with Gasteiger partial charge in [0, 0.05) is 19.1 Å². The Bertz CT molecular complexity index is 265. The summed E-state index contributed by atoms with van der Waals surface area (Å²) in [6, 6.07) is 2.20. The minimum atomic E-state index is 0.293. The van der Waals surface area contributed by atoms with Crippen LogP contribution in [0.25, 0.3) is 0 Å². The topological polar surface area (TPSA) is 9.23 Å². The lowest BCUT2D eigenvalue weighted by Gasteiger charge is -2.35. The first-order chi connectivity index (χ1) is 6.85. The van der Waals surface area contributed by atoms with Crippen LogP contribution in [0.2, 0.25) is 0 Å². The normalized spacial score (nSPS) is 20.9. The van der Waals surface area contributed by atoms with Crippen molar-refractivity contribution in [2.24, 2.45) is 5.41 Å². The molecular weight excluding hydrogens is 216 g/mol. The van der Waals surface area contributed by atoms with Gasteiger partial charge in [0.15, 0.2) is 0 Å². The van der Waals surface area contributed by atoms with Crippen molar-refractivity contribution in [3.63, 3.8) is 0 Å². The molecule has 1 aliphatic rings. The van der Waals surface area contributed by atoms with Crippen molar-refractivity contribution in [2.45, 2.75) is 19.3 Å². The molecule has 0 bridgehead atoms. The zero-order valence-corrected chi connectivity index (χ0v) is 9.74. The molecule has 0 radical (unpaired) electrons. The van der Waals surface area contributed by atoms with Crippen LogP contribution in [-0.4, -0.2) is 19.1 Å². The number of rotatable bonds is 3. The molecule has 0 saturated carbocycles. The highest BCUT2D eigenvalue weighted by Crippen LogP contribution is 2.35. The summed E-state index contributed by atoms with van der Waals surface area (Å²) in [4.78, 5) is 0. The number of hydrogen-bond donors (Lipinski definition) is 0. The third kappa shape index (κ3) is 2.30. The quantitative estimate of drug-likeness (QED) is 0.724. The van der Waals surface area contributed by atoms with E-state index in [-0.39, 0.29) is 0 Å². The summed E-state index contributed by atoms with van der Waals surface area (Å²) < 4.78 is 5.39. The van der Waals surface area contributed by atoms with Gasteiger partial charge in [-0.1, -0.05) is 0 Å². The Morgan fingerprint density at radius 2 is 2.21 bits per heavy atom. The van der Waals surface area contributed by atoms with Gasteiger partial charge in [0.2, 0.25) is 0 Å². The molecule has 1 aliphatic heterocycles. The molecule has 1 aromatic rings. The maximum Gasteiger partial charge on any atom is 0.0471 e. The van der Waals surface area contributed by atoms with Crippen molar-refractivity contribution in [3.05, 3.63) is 22.4 Å². The molecule has 1 saturated heterocycles. The van der Waals surface area contributed by atoms with Crippen molar-refractivity contribution in [1.29, 1.82) is 0 Å². The molecule has 0 aromatic carbocycles. The van der Waals surface area contributed by atoms with E-state index in [9.17, 15) is 0 Å². The highest BCUT2D eigenvalue weighted by atomic mass is 35.5. The van der Waals surface area contributed by atoms with Crippen LogP contribution in [-0.2, 0) is 11.2 Å². The van der Waals surface area contributed by atoms with Crippen molar-refractivity contribution >= 4 is 22.9 Å².